The molecular formula is C16H11F2N3OS. The molecule has 0 saturated carbocycles. The summed E-state index contributed by atoms with van der Waals surface area (Å²) in [6.07, 6.45) is 2.92. The summed E-state index contributed by atoms with van der Waals surface area (Å²) in [7, 11) is 0. The Kier molecular flexibility index (Phi) is 4.38. The topological polar surface area (TPSA) is 54.9 Å². The Hall–Kier alpha value is -2.67. The molecule has 3 rings (SSSR count). The van der Waals surface area contributed by atoms with Crippen LogP contribution in [-0.2, 0) is 11.2 Å². The fourth-order valence-corrected chi connectivity index (χ4v) is 2.83. The molecule has 0 bridgehead atoms. The highest BCUT2D eigenvalue weighted by atomic mass is 32.1. The molecule has 0 atom stereocenters. The molecule has 3 aromatic rings. The second-order valence-electron chi connectivity index (χ2n) is 4.75. The van der Waals surface area contributed by atoms with Gasteiger partial charge in [-0.15, -0.1) is 11.3 Å². The van der Waals surface area contributed by atoms with Gasteiger partial charge in [0.05, 0.1) is 17.1 Å². The van der Waals surface area contributed by atoms with Gasteiger partial charge in [0.15, 0.2) is 0 Å². The molecule has 116 valence electrons. The average Bonchev–Trinajstić information content (AvgIpc) is 2.99. The van der Waals surface area contributed by atoms with E-state index in [1.807, 2.05) is 5.38 Å². The summed E-state index contributed by atoms with van der Waals surface area (Å²) in [4.78, 5) is 19.9. The number of carbonyl (C=O) groups is 1. The molecule has 0 aliphatic heterocycles. The summed E-state index contributed by atoms with van der Waals surface area (Å²) in [5, 5.41) is 5.19. The van der Waals surface area contributed by atoms with Crippen molar-refractivity contribution < 1.29 is 13.6 Å². The van der Waals surface area contributed by atoms with Crippen LogP contribution in [0.3, 0.4) is 0 Å². The molecule has 2 aromatic heterocycles. The van der Waals surface area contributed by atoms with E-state index < -0.39 is 11.6 Å². The van der Waals surface area contributed by atoms with E-state index in [9.17, 15) is 13.6 Å². The summed E-state index contributed by atoms with van der Waals surface area (Å²) >= 11 is 1.34. The quantitative estimate of drug-likeness (QED) is 0.794. The van der Waals surface area contributed by atoms with Crippen LogP contribution in [0.25, 0.3) is 11.3 Å². The first kappa shape index (κ1) is 15.2. The van der Waals surface area contributed by atoms with Gasteiger partial charge in [-0.05, 0) is 23.8 Å². The van der Waals surface area contributed by atoms with Crippen LogP contribution in [0.2, 0.25) is 0 Å². The first-order chi connectivity index (χ1) is 11.1. The molecule has 0 fully saturated rings. The normalized spacial score (nSPS) is 10.5. The number of hydrogen-bond acceptors (Lipinski definition) is 4. The van der Waals surface area contributed by atoms with E-state index in [-0.39, 0.29) is 17.9 Å². The number of rotatable bonds is 4. The van der Waals surface area contributed by atoms with Crippen LogP contribution >= 0.6 is 11.3 Å². The Balaban J connectivity index is 1.68. The van der Waals surface area contributed by atoms with Crippen LogP contribution in [0.1, 0.15) is 5.56 Å². The fourth-order valence-electron chi connectivity index (χ4n) is 2.02. The van der Waals surface area contributed by atoms with Crippen molar-refractivity contribution in [2.24, 2.45) is 0 Å². The van der Waals surface area contributed by atoms with E-state index >= 15 is 0 Å². The van der Waals surface area contributed by atoms with Gasteiger partial charge in [0, 0.05) is 23.2 Å². The molecule has 0 aliphatic rings. The fraction of sp³-hybridized carbons (Fsp3) is 0.0625. The van der Waals surface area contributed by atoms with Crippen molar-refractivity contribution >= 4 is 22.2 Å². The lowest BCUT2D eigenvalue weighted by Gasteiger charge is -2.04. The molecule has 0 saturated heterocycles. The van der Waals surface area contributed by atoms with Crippen molar-refractivity contribution in [3.63, 3.8) is 0 Å². The molecule has 4 nitrogen and oxygen atoms in total. The van der Waals surface area contributed by atoms with Crippen LogP contribution in [-0.4, -0.2) is 15.9 Å². The predicted octanol–water partition coefficient (Wildman–Crippen LogP) is 3.66. The minimum absolute atomic E-state index is 0.150. The summed E-state index contributed by atoms with van der Waals surface area (Å²) in [5.41, 5.74) is 1.76. The number of aromatic nitrogens is 2. The second-order valence-corrected chi connectivity index (χ2v) is 5.67. The van der Waals surface area contributed by atoms with E-state index in [0.717, 1.165) is 23.4 Å². The number of carbonyl (C=O) groups excluding carboxylic acids is 1. The zero-order valence-corrected chi connectivity index (χ0v) is 12.6. The van der Waals surface area contributed by atoms with E-state index in [0.29, 0.717) is 5.00 Å². The lowest BCUT2D eigenvalue weighted by atomic mass is 10.1. The van der Waals surface area contributed by atoms with Crippen molar-refractivity contribution in [3.8, 4) is 11.3 Å². The number of anilines is 1. The van der Waals surface area contributed by atoms with Gasteiger partial charge in [-0.2, -0.15) is 0 Å². The van der Waals surface area contributed by atoms with Crippen LogP contribution in [0, 0.1) is 11.6 Å². The average molecular weight is 331 g/mol. The Morgan fingerprint density at radius 1 is 1.22 bits per heavy atom. The SMILES string of the molecule is O=C(Cc1ccc(F)cc1F)Nc1cc(-c2ccncn2)cs1. The first-order valence-electron chi connectivity index (χ1n) is 6.70. The van der Waals surface area contributed by atoms with Crippen molar-refractivity contribution in [1.29, 1.82) is 0 Å². The number of thiophene rings is 1. The molecule has 7 heteroatoms. The van der Waals surface area contributed by atoms with Gasteiger partial charge in [0.1, 0.15) is 18.0 Å². The predicted molar refractivity (Wildman–Crippen MR) is 84.0 cm³/mol. The lowest BCUT2D eigenvalue weighted by Crippen LogP contribution is -2.14. The van der Waals surface area contributed by atoms with Gasteiger partial charge in [-0.1, -0.05) is 6.07 Å². The Morgan fingerprint density at radius 2 is 2.09 bits per heavy atom. The first-order valence-corrected chi connectivity index (χ1v) is 7.58. The summed E-state index contributed by atoms with van der Waals surface area (Å²) in [6, 6.07) is 6.71. The Labute approximate surface area is 134 Å². The van der Waals surface area contributed by atoms with Crippen LogP contribution in [0.5, 0.6) is 0 Å². The minimum Gasteiger partial charge on any atom is -0.317 e. The van der Waals surface area contributed by atoms with Gasteiger partial charge in [-0.25, -0.2) is 18.7 Å². The zero-order chi connectivity index (χ0) is 16.2. The van der Waals surface area contributed by atoms with Crippen molar-refractivity contribution in [2.45, 2.75) is 6.42 Å². The van der Waals surface area contributed by atoms with Crippen LogP contribution in [0.15, 0.2) is 48.2 Å². The van der Waals surface area contributed by atoms with E-state index in [1.165, 1.54) is 23.7 Å². The number of benzene rings is 1. The van der Waals surface area contributed by atoms with Gasteiger partial charge < -0.3 is 5.32 Å². The third-order valence-electron chi connectivity index (χ3n) is 3.11. The molecule has 1 N–H and O–H groups in total. The zero-order valence-electron chi connectivity index (χ0n) is 11.8. The maximum Gasteiger partial charge on any atom is 0.229 e. The van der Waals surface area contributed by atoms with Crippen molar-refractivity contribution in [1.82, 2.24) is 9.97 Å². The molecule has 0 unspecified atom stereocenters. The monoisotopic (exact) mass is 331 g/mol. The van der Waals surface area contributed by atoms with Gasteiger partial charge in [0.2, 0.25) is 5.91 Å². The van der Waals surface area contributed by atoms with Crippen LogP contribution in [0.4, 0.5) is 13.8 Å². The van der Waals surface area contributed by atoms with Gasteiger partial charge >= 0.3 is 0 Å². The van der Waals surface area contributed by atoms with Crippen molar-refractivity contribution in [2.75, 3.05) is 5.32 Å². The molecule has 0 aliphatic carbocycles. The second kappa shape index (κ2) is 6.62. The van der Waals surface area contributed by atoms with Crippen LogP contribution < -0.4 is 5.32 Å². The minimum atomic E-state index is -0.729. The third kappa shape index (κ3) is 3.75. The highest BCUT2D eigenvalue weighted by Crippen LogP contribution is 2.27. The standard InChI is InChI=1S/C16H11F2N3OS/c17-12-2-1-10(13(18)7-12)5-15(22)21-16-6-11(8-23-16)14-3-4-19-9-20-14/h1-4,6-9H,5H2,(H,21,22). The summed E-state index contributed by atoms with van der Waals surface area (Å²) in [5.74, 6) is -1.76. The maximum atomic E-state index is 13.5. The molecule has 0 radical (unpaired) electrons. The summed E-state index contributed by atoms with van der Waals surface area (Å²) < 4.78 is 26.4. The molecule has 2 heterocycles. The molecule has 1 amide bonds. The Morgan fingerprint density at radius 3 is 2.83 bits per heavy atom. The number of nitrogens with zero attached hydrogens (tertiary/aromatic N) is 2. The third-order valence-corrected chi connectivity index (χ3v) is 3.95. The highest BCUT2D eigenvalue weighted by Gasteiger charge is 2.11. The van der Waals surface area contributed by atoms with E-state index in [2.05, 4.69) is 15.3 Å². The highest BCUT2D eigenvalue weighted by molar-refractivity contribution is 7.14. The van der Waals surface area contributed by atoms with Gasteiger partial charge in [0.25, 0.3) is 0 Å². The maximum absolute atomic E-state index is 13.5. The number of nitrogens with one attached hydrogen (secondary N) is 1. The Bertz CT molecular complexity index is 836. The lowest BCUT2D eigenvalue weighted by molar-refractivity contribution is -0.115. The van der Waals surface area contributed by atoms with Gasteiger partial charge in [-0.3, -0.25) is 4.79 Å². The van der Waals surface area contributed by atoms with Crippen molar-refractivity contribution in [3.05, 3.63) is 65.4 Å². The van der Waals surface area contributed by atoms with E-state index in [4.69, 9.17) is 0 Å². The smallest absolute Gasteiger partial charge is 0.229 e. The number of halogens is 2. The van der Waals surface area contributed by atoms with E-state index in [1.54, 1.807) is 18.3 Å². The largest absolute Gasteiger partial charge is 0.317 e. The number of hydrogen-bond donors (Lipinski definition) is 1. The molecular weight excluding hydrogens is 320 g/mol. The number of amides is 1. The summed E-state index contributed by atoms with van der Waals surface area (Å²) in [6.45, 7) is 0. The molecule has 1 aromatic carbocycles. The molecule has 0 spiro atoms. The molecule has 23 heavy (non-hydrogen) atoms.